The molecule has 3 saturated heterocycles. The SMILES string of the molecule is CC1CN(CN2C3CCC2CN(C(C)(C)C)C3)CC(C)N1C(C)(C)C. The minimum absolute atomic E-state index is 0.266. The van der Waals surface area contributed by atoms with Crippen molar-refractivity contribution in [2.75, 3.05) is 32.8 Å². The van der Waals surface area contributed by atoms with Crippen LogP contribution in [0.5, 0.6) is 0 Å². The van der Waals surface area contributed by atoms with Crippen molar-refractivity contribution < 1.29 is 0 Å². The first kappa shape index (κ1) is 19.6. The summed E-state index contributed by atoms with van der Waals surface area (Å²) in [6, 6.07) is 2.81. The van der Waals surface area contributed by atoms with E-state index in [1.54, 1.807) is 0 Å². The van der Waals surface area contributed by atoms with Crippen LogP contribution < -0.4 is 0 Å². The summed E-state index contributed by atoms with van der Waals surface area (Å²) in [5.41, 5.74) is 0.580. The normalized spacial score (nSPS) is 37.0. The fourth-order valence-corrected chi connectivity index (χ4v) is 5.87. The Bertz CT molecular complexity index is 437. The first-order valence-electron chi connectivity index (χ1n) is 10.5. The third-order valence-electron chi connectivity index (χ3n) is 6.71. The molecule has 3 fully saturated rings. The first-order chi connectivity index (χ1) is 11.5. The van der Waals surface area contributed by atoms with Gasteiger partial charge in [-0.3, -0.25) is 19.6 Å². The predicted octanol–water partition coefficient (Wildman–Crippen LogP) is 3.08. The molecule has 3 heterocycles. The van der Waals surface area contributed by atoms with Crippen LogP contribution >= 0.6 is 0 Å². The van der Waals surface area contributed by atoms with Gasteiger partial charge in [0, 0.05) is 61.4 Å². The molecule has 0 aromatic heterocycles. The first-order valence-corrected chi connectivity index (χ1v) is 10.5. The summed E-state index contributed by atoms with van der Waals surface area (Å²) >= 11 is 0. The van der Waals surface area contributed by atoms with Gasteiger partial charge in [0.25, 0.3) is 0 Å². The number of nitrogens with zero attached hydrogens (tertiary/aromatic N) is 4. The maximum Gasteiger partial charge on any atom is 0.0513 e. The topological polar surface area (TPSA) is 13.0 Å². The highest BCUT2D eigenvalue weighted by Gasteiger charge is 2.44. The van der Waals surface area contributed by atoms with E-state index >= 15 is 0 Å². The molecular formula is C21H42N4. The van der Waals surface area contributed by atoms with Gasteiger partial charge in [0.15, 0.2) is 0 Å². The van der Waals surface area contributed by atoms with E-state index in [2.05, 4.69) is 75.0 Å². The summed E-state index contributed by atoms with van der Waals surface area (Å²) in [4.78, 5) is 11.0. The molecule has 4 nitrogen and oxygen atoms in total. The number of piperazine rings is 2. The van der Waals surface area contributed by atoms with Gasteiger partial charge in [0.2, 0.25) is 0 Å². The van der Waals surface area contributed by atoms with E-state index < -0.39 is 0 Å². The number of hydrogen-bond acceptors (Lipinski definition) is 4. The monoisotopic (exact) mass is 350 g/mol. The summed E-state index contributed by atoms with van der Waals surface area (Å²) < 4.78 is 0. The van der Waals surface area contributed by atoms with Gasteiger partial charge in [0.1, 0.15) is 0 Å². The molecule has 3 aliphatic heterocycles. The highest BCUT2D eigenvalue weighted by molar-refractivity contribution is 5.00. The molecule has 25 heavy (non-hydrogen) atoms. The summed E-state index contributed by atoms with van der Waals surface area (Å²) in [7, 11) is 0. The molecule has 0 amide bonds. The molecule has 0 N–H and O–H groups in total. The third kappa shape index (κ3) is 4.07. The number of hydrogen-bond donors (Lipinski definition) is 0. The minimum Gasteiger partial charge on any atom is -0.295 e. The lowest BCUT2D eigenvalue weighted by molar-refractivity contribution is -0.0616. The average molecular weight is 351 g/mol. The van der Waals surface area contributed by atoms with Gasteiger partial charge in [-0.15, -0.1) is 0 Å². The molecule has 0 aliphatic carbocycles. The lowest BCUT2D eigenvalue weighted by atomic mass is 9.97. The number of likely N-dealkylation sites (tertiary alicyclic amines) is 1. The molecule has 0 spiro atoms. The van der Waals surface area contributed by atoms with Crippen molar-refractivity contribution in [3.8, 4) is 0 Å². The maximum absolute atomic E-state index is 2.84. The van der Waals surface area contributed by atoms with Crippen molar-refractivity contribution >= 4 is 0 Å². The Morgan fingerprint density at radius 1 is 0.720 bits per heavy atom. The lowest BCUT2D eigenvalue weighted by Gasteiger charge is -2.53. The fraction of sp³-hybridized carbons (Fsp3) is 1.00. The van der Waals surface area contributed by atoms with Crippen LogP contribution in [0.4, 0.5) is 0 Å². The largest absolute Gasteiger partial charge is 0.295 e. The van der Waals surface area contributed by atoms with Crippen LogP contribution in [0.1, 0.15) is 68.2 Å². The van der Waals surface area contributed by atoms with Gasteiger partial charge in [0.05, 0.1) is 6.67 Å². The second-order valence-corrected chi connectivity index (χ2v) is 10.9. The van der Waals surface area contributed by atoms with E-state index in [1.807, 2.05) is 0 Å². The predicted molar refractivity (Wildman–Crippen MR) is 107 cm³/mol. The van der Waals surface area contributed by atoms with Crippen LogP contribution in [0, 0.1) is 0 Å². The number of fused-ring (bicyclic) bond motifs is 2. The standard InChI is InChI=1S/C21H42N4/c1-16-11-22(12-17(2)25(16)21(6,7)8)15-24-18-9-10-19(24)14-23(13-18)20(3,4)5/h16-19H,9-15H2,1-8H3. The molecule has 0 saturated carbocycles. The molecule has 2 bridgehead atoms. The summed E-state index contributed by atoms with van der Waals surface area (Å²) in [6.07, 6.45) is 2.79. The van der Waals surface area contributed by atoms with Crippen LogP contribution in [0.15, 0.2) is 0 Å². The molecule has 3 aliphatic rings. The highest BCUT2D eigenvalue weighted by Crippen LogP contribution is 2.34. The van der Waals surface area contributed by atoms with Gasteiger partial charge in [-0.25, -0.2) is 0 Å². The van der Waals surface area contributed by atoms with Crippen molar-refractivity contribution in [1.29, 1.82) is 0 Å². The smallest absolute Gasteiger partial charge is 0.0513 e. The zero-order chi connectivity index (χ0) is 18.6. The van der Waals surface area contributed by atoms with Crippen molar-refractivity contribution in [1.82, 2.24) is 19.6 Å². The minimum atomic E-state index is 0.266. The molecule has 0 aromatic carbocycles. The van der Waals surface area contributed by atoms with Crippen LogP contribution in [-0.4, -0.2) is 87.7 Å². The van der Waals surface area contributed by atoms with Crippen LogP contribution in [-0.2, 0) is 0 Å². The van der Waals surface area contributed by atoms with Gasteiger partial charge >= 0.3 is 0 Å². The second kappa shape index (κ2) is 6.78. The molecule has 0 aromatic rings. The van der Waals surface area contributed by atoms with Crippen molar-refractivity contribution in [3.05, 3.63) is 0 Å². The van der Waals surface area contributed by atoms with Crippen molar-refractivity contribution in [2.45, 2.75) is 103 Å². The fourth-order valence-electron chi connectivity index (χ4n) is 5.87. The molecule has 146 valence electrons. The Morgan fingerprint density at radius 3 is 1.60 bits per heavy atom. The van der Waals surface area contributed by atoms with E-state index in [0.717, 1.165) is 12.1 Å². The van der Waals surface area contributed by atoms with E-state index in [1.165, 1.54) is 45.7 Å². The Morgan fingerprint density at radius 2 is 1.20 bits per heavy atom. The van der Waals surface area contributed by atoms with Crippen LogP contribution in [0.2, 0.25) is 0 Å². The maximum atomic E-state index is 2.84. The zero-order valence-corrected chi connectivity index (χ0v) is 18.0. The van der Waals surface area contributed by atoms with Crippen molar-refractivity contribution in [3.63, 3.8) is 0 Å². The van der Waals surface area contributed by atoms with Gasteiger partial charge < -0.3 is 0 Å². The Hall–Kier alpha value is -0.160. The van der Waals surface area contributed by atoms with Crippen molar-refractivity contribution in [2.24, 2.45) is 0 Å². The van der Waals surface area contributed by atoms with Crippen LogP contribution in [0.25, 0.3) is 0 Å². The number of rotatable bonds is 2. The zero-order valence-electron chi connectivity index (χ0n) is 18.0. The molecule has 3 rings (SSSR count). The van der Waals surface area contributed by atoms with E-state index in [9.17, 15) is 0 Å². The van der Waals surface area contributed by atoms with Gasteiger partial charge in [-0.2, -0.15) is 0 Å². The summed E-state index contributed by atoms with van der Waals surface area (Å²) in [5, 5.41) is 0. The molecule has 4 unspecified atom stereocenters. The molecule has 4 atom stereocenters. The molecular weight excluding hydrogens is 308 g/mol. The van der Waals surface area contributed by atoms with Gasteiger partial charge in [-0.05, 0) is 68.2 Å². The lowest BCUT2D eigenvalue weighted by Crippen LogP contribution is -2.65. The Balaban J connectivity index is 1.61. The van der Waals surface area contributed by atoms with E-state index in [-0.39, 0.29) is 5.54 Å². The quantitative estimate of drug-likeness (QED) is 0.759. The highest BCUT2D eigenvalue weighted by atomic mass is 15.4. The summed E-state index contributed by atoms with van der Waals surface area (Å²) in [6.45, 7) is 25.2. The molecule has 4 heteroatoms. The second-order valence-electron chi connectivity index (χ2n) is 10.9. The van der Waals surface area contributed by atoms with Crippen LogP contribution in [0.3, 0.4) is 0 Å². The van der Waals surface area contributed by atoms with E-state index in [4.69, 9.17) is 0 Å². The molecule has 0 radical (unpaired) electrons. The Labute approximate surface area is 156 Å². The Kier molecular flexibility index (Phi) is 5.31. The third-order valence-corrected chi connectivity index (χ3v) is 6.71. The average Bonchev–Trinajstić information content (AvgIpc) is 2.66. The van der Waals surface area contributed by atoms with E-state index in [0.29, 0.717) is 17.6 Å². The van der Waals surface area contributed by atoms with Gasteiger partial charge in [-0.1, -0.05) is 0 Å². The summed E-state index contributed by atoms with van der Waals surface area (Å²) in [5.74, 6) is 0.